The number of sulfonamides is 2. The molecular weight excluding hydrogens is 1340 g/mol. The van der Waals surface area contributed by atoms with E-state index in [1.807, 2.05) is 58.3 Å². The van der Waals surface area contributed by atoms with Crippen LogP contribution in [0.2, 0.25) is 0 Å². The molecule has 4 heterocycles. The number of para-hydroxylation sites is 2. The van der Waals surface area contributed by atoms with Gasteiger partial charge in [-0.15, -0.1) is 0 Å². The molecular formula is C78H116N6O12S4. The fourth-order valence-corrected chi connectivity index (χ4v) is 18.4. The summed E-state index contributed by atoms with van der Waals surface area (Å²) in [5.41, 5.74) is 2.49. The molecule has 554 valence electrons. The molecule has 0 aliphatic carbocycles. The van der Waals surface area contributed by atoms with E-state index >= 15 is 0 Å². The molecule has 4 aromatic rings. The fraction of sp³-hybridized carbons (Fsp3) is 0.641. The second-order valence-electron chi connectivity index (χ2n) is 28.2. The number of piperidine rings is 2. The number of carbonyl (C=O) groups is 4. The Hall–Kier alpha value is -5.20. The summed E-state index contributed by atoms with van der Waals surface area (Å²) in [6.07, 6.45) is 35.3. The van der Waals surface area contributed by atoms with Crippen molar-refractivity contribution >= 4 is 90.2 Å². The standard InChI is InChI=1S/C78H116N6O12S4/c1-7-9-11-13-15-17-19-21-23-25-27-39-73(85)93-55-45-61-41-51-81(52-42-61)47-33-49-83-65-35-29-31-37-69(65)97-71-59-63(99(89,90)79(3)4)57-67(75(71)83)95-77(87)78(88)96-68-58-64(100(91,92)80(5)6)60-72-76(68)84(66-36-30-32-38-70(66)98-72)50-34-48-82-53-43-62(44-54-82)46-56-94-74(86)40-28-26-24-22-20-18-16-14-12-10-8-2/h29-32,35-38,57-62H,7-28,33-34,39-56H2,1-6H3. The summed E-state index contributed by atoms with van der Waals surface area (Å²) in [7, 11) is -2.55. The average molecular weight is 1460 g/mol. The molecule has 0 unspecified atom stereocenters. The zero-order valence-corrected chi connectivity index (χ0v) is 64.3. The molecule has 8 rings (SSSR count). The van der Waals surface area contributed by atoms with Crippen LogP contribution < -0.4 is 19.3 Å². The van der Waals surface area contributed by atoms with E-state index in [2.05, 4.69) is 23.6 Å². The van der Waals surface area contributed by atoms with Crippen LogP contribution in [0, 0.1) is 11.8 Å². The third-order valence-corrected chi connectivity index (χ3v) is 25.9. The van der Waals surface area contributed by atoms with Gasteiger partial charge in [0.1, 0.15) is 0 Å². The van der Waals surface area contributed by atoms with E-state index < -0.39 is 32.0 Å². The van der Waals surface area contributed by atoms with Crippen LogP contribution in [-0.2, 0) is 48.7 Å². The fourth-order valence-electron chi connectivity index (χ4n) is 14.0. The number of esters is 4. The van der Waals surface area contributed by atoms with E-state index in [4.69, 9.17) is 18.9 Å². The lowest BCUT2D eigenvalue weighted by molar-refractivity contribution is -0.156. The van der Waals surface area contributed by atoms with Gasteiger partial charge in [-0.2, -0.15) is 0 Å². The number of hydrogen-bond donors (Lipinski definition) is 0. The summed E-state index contributed by atoms with van der Waals surface area (Å²) in [4.78, 5) is 65.9. The first-order chi connectivity index (χ1) is 48.4. The Labute approximate surface area is 608 Å². The van der Waals surface area contributed by atoms with Crippen molar-refractivity contribution < 1.29 is 55.0 Å². The predicted molar refractivity (Wildman–Crippen MR) is 402 cm³/mol. The molecule has 22 heteroatoms. The van der Waals surface area contributed by atoms with E-state index in [-0.39, 0.29) is 33.2 Å². The van der Waals surface area contributed by atoms with Crippen LogP contribution in [0.4, 0.5) is 22.7 Å². The smallest absolute Gasteiger partial charge is 0.423 e. The number of ether oxygens (including phenoxy) is 4. The zero-order chi connectivity index (χ0) is 71.3. The second-order valence-corrected chi connectivity index (χ2v) is 34.7. The highest BCUT2D eigenvalue weighted by atomic mass is 32.2. The van der Waals surface area contributed by atoms with Gasteiger partial charge >= 0.3 is 23.9 Å². The molecule has 0 aromatic heterocycles. The van der Waals surface area contributed by atoms with Crippen molar-refractivity contribution in [1.82, 2.24) is 18.4 Å². The number of fused-ring (bicyclic) bond motifs is 4. The Kier molecular flexibility index (Phi) is 33.7. The number of nitrogens with zero attached hydrogens (tertiary/aromatic N) is 6. The lowest BCUT2D eigenvalue weighted by Crippen LogP contribution is -2.36. The Morgan fingerprint density at radius 3 is 1.10 bits per heavy atom. The summed E-state index contributed by atoms with van der Waals surface area (Å²) in [6.45, 7) is 11.4. The van der Waals surface area contributed by atoms with Crippen LogP contribution in [0.25, 0.3) is 0 Å². The van der Waals surface area contributed by atoms with Crippen LogP contribution in [0.15, 0.2) is 102 Å². The summed E-state index contributed by atoms with van der Waals surface area (Å²) in [6, 6.07) is 21.3. The SMILES string of the molecule is CCCCCCCCCCCCCC(=O)OCCC1CCN(CCCN2c3ccccc3Sc3cc(S(=O)(=O)N(C)C)cc(OC(=O)C(=O)Oc4cc(S(=O)(=O)N(C)C)cc5c4N(CCCN4CCC(CCOC(=O)CCCCCCCCCCCCC)CC4)c4ccccc4S5)c32)CC1. The molecule has 0 bridgehead atoms. The zero-order valence-electron chi connectivity index (χ0n) is 61.0. The quantitative estimate of drug-likeness (QED) is 0.0175. The van der Waals surface area contributed by atoms with Crippen molar-refractivity contribution in [2.45, 2.75) is 249 Å². The van der Waals surface area contributed by atoms with E-state index in [0.29, 0.717) is 85.0 Å². The highest BCUT2D eigenvalue weighted by Crippen LogP contribution is 2.55. The highest BCUT2D eigenvalue weighted by Gasteiger charge is 2.36. The molecule has 18 nitrogen and oxygen atoms in total. The second kappa shape index (κ2) is 41.9. The first kappa shape index (κ1) is 80.5. The molecule has 0 saturated carbocycles. The van der Waals surface area contributed by atoms with Gasteiger partial charge in [0.05, 0.1) is 45.8 Å². The lowest BCUT2D eigenvalue weighted by atomic mass is 9.94. The molecule has 0 amide bonds. The van der Waals surface area contributed by atoms with Gasteiger partial charge in [-0.05, 0) is 152 Å². The van der Waals surface area contributed by atoms with Crippen LogP contribution >= 0.6 is 23.5 Å². The van der Waals surface area contributed by atoms with Crippen molar-refractivity contribution in [3.8, 4) is 11.5 Å². The van der Waals surface area contributed by atoms with Crippen molar-refractivity contribution in [3.63, 3.8) is 0 Å². The Morgan fingerprint density at radius 2 is 0.760 bits per heavy atom. The minimum absolute atomic E-state index is 0.0960. The summed E-state index contributed by atoms with van der Waals surface area (Å²) in [5, 5.41) is 0. The molecule has 0 atom stereocenters. The van der Waals surface area contributed by atoms with Crippen molar-refractivity contribution in [2.75, 3.05) is 104 Å². The maximum Gasteiger partial charge on any atom is 0.423 e. The highest BCUT2D eigenvalue weighted by molar-refractivity contribution is 8.00. The minimum atomic E-state index is -4.11. The summed E-state index contributed by atoms with van der Waals surface area (Å²) < 4.78 is 81.8. The number of hydrogen-bond acceptors (Lipinski definition) is 18. The van der Waals surface area contributed by atoms with Gasteiger partial charge in [0, 0.05) is 85.8 Å². The average Bonchev–Trinajstić information content (AvgIpc) is 0.754. The molecule has 0 radical (unpaired) electrons. The molecule has 4 aliphatic rings. The number of likely N-dealkylation sites (tertiary alicyclic amines) is 2. The van der Waals surface area contributed by atoms with Crippen LogP contribution in [0.1, 0.15) is 219 Å². The number of carbonyl (C=O) groups excluding carboxylic acids is 4. The largest absolute Gasteiger partial charge is 0.466 e. The van der Waals surface area contributed by atoms with Gasteiger partial charge in [0.2, 0.25) is 20.0 Å². The monoisotopic (exact) mass is 1460 g/mol. The van der Waals surface area contributed by atoms with Gasteiger partial charge in [0.15, 0.2) is 11.5 Å². The number of benzene rings is 4. The summed E-state index contributed by atoms with van der Waals surface area (Å²) in [5.74, 6) is -2.44. The third kappa shape index (κ3) is 24.5. The molecule has 2 saturated heterocycles. The molecule has 0 N–H and O–H groups in total. The van der Waals surface area contributed by atoms with Gasteiger partial charge in [-0.1, -0.05) is 190 Å². The van der Waals surface area contributed by atoms with Crippen molar-refractivity contribution in [2.24, 2.45) is 11.8 Å². The van der Waals surface area contributed by atoms with Gasteiger partial charge in [-0.25, -0.2) is 35.0 Å². The van der Waals surface area contributed by atoms with E-state index in [9.17, 15) is 36.0 Å². The van der Waals surface area contributed by atoms with E-state index in [1.165, 1.54) is 179 Å². The van der Waals surface area contributed by atoms with Gasteiger partial charge < -0.3 is 38.5 Å². The molecule has 100 heavy (non-hydrogen) atoms. The third-order valence-electron chi connectivity index (χ3n) is 20.1. The normalized spacial score (nSPS) is 15.4. The van der Waals surface area contributed by atoms with Gasteiger partial charge in [-0.3, -0.25) is 9.59 Å². The molecule has 4 aliphatic heterocycles. The molecule has 4 aromatic carbocycles. The number of unbranched alkanes of at least 4 members (excludes halogenated alkanes) is 20. The maximum atomic E-state index is 14.6. The minimum Gasteiger partial charge on any atom is -0.466 e. The first-order valence-corrected chi connectivity index (χ1v) is 42.4. The van der Waals surface area contributed by atoms with Crippen molar-refractivity contribution in [1.29, 1.82) is 0 Å². The van der Waals surface area contributed by atoms with E-state index in [0.717, 1.165) is 133 Å². The Morgan fingerprint density at radius 1 is 0.430 bits per heavy atom. The van der Waals surface area contributed by atoms with Crippen LogP contribution in [0.5, 0.6) is 11.5 Å². The first-order valence-electron chi connectivity index (χ1n) is 37.9. The topological polar surface area (TPSA) is 193 Å². The molecule has 0 spiro atoms. The van der Waals surface area contributed by atoms with Crippen LogP contribution in [0.3, 0.4) is 0 Å². The number of rotatable bonds is 44. The lowest BCUT2D eigenvalue weighted by Gasteiger charge is -2.36. The molecule has 2 fully saturated rings. The number of anilines is 4. The van der Waals surface area contributed by atoms with Crippen LogP contribution in [-0.4, -0.2) is 153 Å². The Balaban J connectivity index is 0.882. The summed E-state index contributed by atoms with van der Waals surface area (Å²) >= 11 is 2.68. The van der Waals surface area contributed by atoms with Gasteiger partial charge in [0.25, 0.3) is 0 Å². The van der Waals surface area contributed by atoms with Crippen molar-refractivity contribution in [3.05, 3.63) is 72.8 Å². The predicted octanol–water partition coefficient (Wildman–Crippen LogP) is 17.4. The Bertz CT molecular complexity index is 3240. The maximum absolute atomic E-state index is 14.6. The van der Waals surface area contributed by atoms with E-state index in [1.54, 1.807) is 12.1 Å².